The number of carbonyl (C=O) groups is 2. The summed E-state index contributed by atoms with van der Waals surface area (Å²) in [6, 6.07) is 23.6. The average molecular weight is 492 g/mol. The Kier molecular flexibility index (Phi) is 7.22. The van der Waals surface area contributed by atoms with E-state index in [0.717, 1.165) is 51.8 Å². The quantitative estimate of drug-likeness (QED) is 0.389. The lowest BCUT2D eigenvalue weighted by atomic mass is 10.0. The van der Waals surface area contributed by atoms with Crippen molar-refractivity contribution in [1.82, 2.24) is 10.3 Å². The standard InChI is InChI=1S/C32H33N3O2/c1-3-8-22-15-17-25(18-16-22)35(2)32(37)30-20-24-11-6-9-23(19-24)10-7-14-29-27(21-31(36)34-30)26-12-4-5-13-28(26)33-29/h4-7,9-13,15-19,30,33H,3,8,14,20-21H2,1-2H3,(H,34,36)/b10-7+/t30-/m0/s1. The molecule has 1 aliphatic rings. The van der Waals surface area contributed by atoms with Crippen molar-refractivity contribution in [3.05, 3.63) is 107 Å². The Labute approximate surface area is 218 Å². The molecule has 0 fully saturated rings. The molecule has 1 aliphatic heterocycles. The van der Waals surface area contributed by atoms with Crippen LogP contribution in [0.4, 0.5) is 5.69 Å². The number of benzene rings is 3. The van der Waals surface area contributed by atoms with E-state index >= 15 is 0 Å². The predicted octanol–water partition coefficient (Wildman–Crippen LogP) is 5.62. The first-order valence-corrected chi connectivity index (χ1v) is 13.0. The van der Waals surface area contributed by atoms with E-state index in [1.165, 1.54) is 5.56 Å². The molecule has 37 heavy (non-hydrogen) atoms. The van der Waals surface area contributed by atoms with E-state index in [-0.39, 0.29) is 18.2 Å². The number of aromatic amines is 1. The van der Waals surface area contributed by atoms with Crippen LogP contribution in [0.2, 0.25) is 0 Å². The van der Waals surface area contributed by atoms with Gasteiger partial charge in [-0.25, -0.2) is 0 Å². The summed E-state index contributed by atoms with van der Waals surface area (Å²) >= 11 is 0. The molecule has 5 rings (SSSR count). The van der Waals surface area contributed by atoms with Crippen molar-refractivity contribution in [1.29, 1.82) is 0 Å². The summed E-state index contributed by atoms with van der Waals surface area (Å²) < 4.78 is 0. The highest BCUT2D eigenvalue weighted by Gasteiger charge is 2.26. The van der Waals surface area contributed by atoms with Gasteiger partial charge < -0.3 is 15.2 Å². The van der Waals surface area contributed by atoms with Crippen LogP contribution in [0.1, 0.15) is 41.3 Å². The zero-order chi connectivity index (χ0) is 25.8. The number of aryl methyl sites for hydroxylation is 1. The number of hydrogen-bond acceptors (Lipinski definition) is 2. The Morgan fingerprint density at radius 2 is 1.84 bits per heavy atom. The first kappa shape index (κ1) is 24.6. The number of nitrogens with zero attached hydrogens (tertiary/aromatic N) is 1. The Hall–Kier alpha value is -4.12. The van der Waals surface area contributed by atoms with Crippen LogP contribution >= 0.6 is 0 Å². The van der Waals surface area contributed by atoms with Crippen LogP contribution < -0.4 is 10.2 Å². The topological polar surface area (TPSA) is 65.2 Å². The number of likely N-dealkylation sites (N-methyl/N-ethyl adjacent to an activating group) is 1. The molecule has 2 N–H and O–H groups in total. The van der Waals surface area contributed by atoms with Crippen molar-refractivity contribution in [2.75, 3.05) is 11.9 Å². The molecule has 5 nitrogen and oxygen atoms in total. The van der Waals surface area contributed by atoms with Crippen LogP contribution in [0.5, 0.6) is 0 Å². The summed E-state index contributed by atoms with van der Waals surface area (Å²) in [6.07, 6.45) is 7.65. The molecule has 0 saturated carbocycles. The fourth-order valence-electron chi connectivity index (χ4n) is 5.15. The number of hydrogen-bond donors (Lipinski definition) is 2. The van der Waals surface area contributed by atoms with Gasteiger partial charge in [-0.3, -0.25) is 9.59 Å². The number of allylic oxidation sites excluding steroid dienone is 1. The Bertz CT molecular complexity index is 1450. The molecule has 4 aromatic rings. The third-order valence-corrected chi connectivity index (χ3v) is 7.09. The second-order valence-corrected chi connectivity index (χ2v) is 9.79. The van der Waals surface area contributed by atoms with Gasteiger partial charge in [-0.15, -0.1) is 0 Å². The highest BCUT2D eigenvalue weighted by atomic mass is 16.2. The van der Waals surface area contributed by atoms with E-state index in [0.29, 0.717) is 12.8 Å². The van der Waals surface area contributed by atoms with E-state index in [4.69, 9.17) is 0 Å². The van der Waals surface area contributed by atoms with Crippen molar-refractivity contribution in [3.63, 3.8) is 0 Å². The molecule has 0 saturated heterocycles. The summed E-state index contributed by atoms with van der Waals surface area (Å²) in [4.78, 5) is 32.3. The number of H-pyrrole nitrogens is 1. The normalized spacial score (nSPS) is 16.6. The predicted molar refractivity (Wildman–Crippen MR) is 151 cm³/mol. The van der Waals surface area contributed by atoms with Gasteiger partial charge >= 0.3 is 0 Å². The zero-order valence-corrected chi connectivity index (χ0v) is 21.5. The molecule has 0 aliphatic carbocycles. The van der Waals surface area contributed by atoms with Crippen LogP contribution in [0.15, 0.2) is 78.9 Å². The van der Waals surface area contributed by atoms with Crippen molar-refractivity contribution in [2.24, 2.45) is 0 Å². The number of amides is 2. The second kappa shape index (κ2) is 10.9. The van der Waals surface area contributed by atoms with Gasteiger partial charge in [-0.2, -0.15) is 0 Å². The SMILES string of the molecule is CCCc1ccc(N(C)C(=O)[C@@H]2Cc3cccc(c3)/C=C/Cc3[nH]c4ccccc4c3CC(=O)N2)cc1. The van der Waals surface area contributed by atoms with Gasteiger partial charge in [0.2, 0.25) is 11.8 Å². The molecule has 0 radical (unpaired) electrons. The first-order valence-electron chi connectivity index (χ1n) is 13.0. The van der Waals surface area contributed by atoms with Gasteiger partial charge in [0.1, 0.15) is 6.04 Å². The number of rotatable bonds is 4. The average Bonchev–Trinajstić information content (AvgIpc) is 3.25. The number of anilines is 1. The third kappa shape index (κ3) is 5.51. The molecule has 2 bridgehead atoms. The Balaban J connectivity index is 1.48. The first-order chi connectivity index (χ1) is 18.0. The molecule has 0 spiro atoms. The maximum absolute atomic E-state index is 13.7. The van der Waals surface area contributed by atoms with E-state index in [1.54, 1.807) is 11.9 Å². The summed E-state index contributed by atoms with van der Waals surface area (Å²) in [6.45, 7) is 2.15. The molecule has 2 amide bonds. The smallest absolute Gasteiger partial charge is 0.249 e. The fourth-order valence-corrected chi connectivity index (χ4v) is 5.15. The number of fused-ring (bicyclic) bond motifs is 5. The zero-order valence-electron chi connectivity index (χ0n) is 21.5. The number of para-hydroxylation sites is 1. The molecule has 0 unspecified atom stereocenters. The van der Waals surface area contributed by atoms with E-state index in [2.05, 4.69) is 53.6 Å². The molecule has 1 atom stereocenters. The van der Waals surface area contributed by atoms with Crippen molar-refractivity contribution in [3.8, 4) is 0 Å². The van der Waals surface area contributed by atoms with Crippen LogP contribution in [-0.4, -0.2) is 29.9 Å². The van der Waals surface area contributed by atoms with Crippen LogP contribution in [0.25, 0.3) is 17.0 Å². The minimum Gasteiger partial charge on any atom is -0.358 e. The van der Waals surface area contributed by atoms with Crippen molar-refractivity contribution >= 4 is 34.5 Å². The largest absolute Gasteiger partial charge is 0.358 e. The van der Waals surface area contributed by atoms with Crippen molar-refractivity contribution < 1.29 is 9.59 Å². The highest BCUT2D eigenvalue weighted by Crippen LogP contribution is 2.25. The fraction of sp³-hybridized carbons (Fsp3) is 0.250. The number of carbonyl (C=O) groups excluding carboxylic acids is 2. The monoisotopic (exact) mass is 491 g/mol. The molecule has 5 heteroatoms. The van der Waals surface area contributed by atoms with Crippen molar-refractivity contribution in [2.45, 2.75) is 45.1 Å². The van der Waals surface area contributed by atoms with Gasteiger partial charge in [-0.1, -0.05) is 80.1 Å². The summed E-state index contributed by atoms with van der Waals surface area (Å²) in [5.74, 6) is -0.290. The lowest BCUT2D eigenvalue weighted by Crippen LogP contribution is -2.49. The minimum atomic E-state index is -0.679. The maximum atomic E-state index is 13.7. The van der Waals surface area contributed by atoms with E-state index in [1.807, 2.05) is 48.5 Å². The molecule has 3 aromatic carbocycles. The molecule has 2 heterocycles. The lowest BCUT2D eigenvalue weighted by Gasteiger charge is -2.25. The second-order valence-electron chi connectivity index (χ2n) is 9.79. The molecule has 188 valence electrons. The van der Waals surface area contributed by atoms with E-state index in [9.17, 15) is 9.59 Å². The van der Waals surface area contributed by atoms with Gasteiger partial charge in [-0.05, 0) is 46.9 Å². The van der Waals surface area contributed by atoms with Gasteiger partial charge in [0, 0.05) is 42.2 Å². The van der Waals surface area contributed by atoms with Gasteiger partial charge in [0.15, 0.2) is 0 Å². The minimum absolute atomic E-state index is 0.133. The highest BCUT2D eigenvalue weighted by molar-refractivity contribution is 5.99. The van der Waals surface area contributed by atoms with Crippen LogP contribution in [-0.2, 0) is 35.3 Å². The maximum Gasteiger partial charge on any atom is 0.249 e. The van der Waals surface area contributed by atoms with Gasteiger partial charge in [0.25, 0.3) is 0 Å². The van der Waals surface area contributed by atoms with Gasteiger partial charge in [0.05, 0.1) is 6.42 Å². The number of aromatic nitrogens is 1. The van der Waals surface area contributed by atoms with Crippen LogP contribution in [0, 0.1) is 0 Å². The molecular formula is C32H33N3O2. The van der Waals surface area contributed by atoms with Crippen LogP contribution in [0.3, 0.4) is 0 Å². The molecular weight excluding hydrogens is 458 g/mol. The lowest BCUT2D eigenvalue weighted by molar-refractivity contribution is -0.127. The summed E-state index contributed by atoms with van der Waals surface area (Å²) in [7, 11) is 1.78. The summed E-state index contributed by atoms with van der Waals surface area (Å²) in [5, 5.41) is 4.12. The van der Waals surface area contributed by atoms with E-state index < -0.39 is 6.04 Å². The third-order valence-electron chi connectivity index (χ3n) is 7.09. The Morgan fingerprint density at radius 1 is 1.03 bits per heavy atom. The molecule has 1 aromatic heterocycles. The number of nitrogens with one attached hydrogen (secondary N) is 2. The summed E-state index contributed by atoms with van der Waals surface area (Å²) in [5.41, 5.74) is 7.17. The Morgan fingerprint density at radius 3 is 2.65 bits per heavy atom.